The molecule has 4 N–H and O–H groups in total. The zero-order chi connectivity index (χ0) is 18.4. The standard InChI is InChI=1S/C15H19N5O4S/c1-24-13-9-12(19-15(16)20-13)10-3-5-11(6-4-10)14(21)17-7-8-18-25(2,22)23/h3-6,9,18H,7-8H2,1-2H3,(H,17,21)(H2,16,19,20). The van der Waals surface area contributed by atoms with Gasteiger partial charge in [0.15, 0.2) is 0 Å². The van der Waals surface area contributed by atoms with E-state index in [4.69, 9.17) is 10.5 Å². The van der Waals surface area contributed by atoms with Crippen molar-refractivity contribution in [2.75, 3.05) is 32.2 Å². The lowest BCUT2D eigenvalue weighted by molar-refractivity contribution is 0.0954. The van der Waals surface area contributed by atoms with Crippen molar-refractivity contribution in [2.45, 2.75) is 0 Å². The number of hydrogen-bond acceptors (Lipinski definition) is 7. The first-order chi connectivity index (χ1) is 11.8. The minimum Gasteiger partial charge on any atom is -0.481 e. The molecule has 0 saturated heterocycles. The van der Waals surface area contributed by atoms with E-state index in [0.717, 1.165) is 11.8 Å². The topological polar surface area (TPSA) is 136 Å². The lowest BCUT2D eigenvalue weighted by Crippen LogP contribution is -2.34. The summed E-state index contributed by atoms with van der Waals surface area (Å²) in [7, 11) is -1.78. The van der Waals surface area contributed by atoms with Crippen LogP contribution in [-0.2, 0) is 10.0 Å². The molecule has 0 atom stereocenters. The number of aromatic nitrogens is 2. The fourth-order valence-corrected chi connectivity index (χ4v) is 2.48. The maximum atomic E-state index is 12.0. The number of carbonyl (C=O) groups is 1. The lowest BCUT2D eigenvalue weighted by Gasteiger charge is -2.07. The van der Waals surface area contributed by atoms with Gasteiger partial charge in [-0.25, -0.2) is 18.1 Å². The van der Waals surface area contributed by atoms with Crippen LogP contribution in [0, 0.1) is 0 Å². The average molecular weight is 365 g/mol. The summed E-state index contributed by atoms with van der Waals surface area (Å²) in [6.07, 6.45) is 1.06. The van der Waals surface area contributed by atoms with Gasteiger partial charge in [0.2, 0.25) is 21.9 Å². The Labute approximate surface area is 145 Å². The molecule has 1 heterocycles. The molecule has 1 aromatic heterocycles. The SMILES string of the molecule is COc1cc(-c2ccc(C(=O)NCCNS(C)(=O)=O)cc2)nc(N)n1. The number of sulfonamides is 1. The largest absolute Gasteiger partial charge is 0.481 e. The summed E-state index contributed by atoms with van der Waals surface area (Å²) < 4.78 is 29.2. The number of carbonyl (C=O) groups excluding carboxylic acids is 1. The fourth-order valence-electron chi connectivity index (χ4n) is 2.00. The molecule has 2 rings (SSSR count). The zero-order valence-electron chi connectivity index (χ0n) is 13.8. The number of benzene rings is 1. The van der Waals surface area contributed by atoms with E-state index < -0.39 is 10.0 Å². The van der Waals surface area contributed by atoms with Crippen LogP contribution in [0.1, 0.15) is 10.4 Å². The molecule has 1 amide bonds. The number of amides is 1. The quantitative estimate of drug-likeness (QED) is 0.588. The van der Waals surface area contributed by atoms with Crippen LogP contribution in [0.5, 0.6) is 5.88 Å². The van der Waals surface area contributed by atoms with E-state index in [-0.39, 0.29) is 24.9 Å². The molecule has 134 valence electrons. The third-order valence-electron chi connectivity index (χ3n) is 3.15. The second-order valence-electron chi connectivity index (χ2n) is 5.15. The van der Waals surface area contributed by atoms with Crippen LogP contribution in [0.3, 0.4) is 0 Å². The van der Waals surface area contributed by atoms with Crippen molar-refractivity contribution in [1.29, 1.82) is 0 Å². The first kappa shape index (κ1) is 18.6. The maximum Gasteiger partial charge on any atom is 0.251 e. The number of nitrogens with two attached hydrogens (primary N) is 1. The molecule has 0 aliphatic heterocycles. The predicted molar refractivity (Wildman–Crippen MR) is 93.6 cm³/mol. The first-order valence-corrected chi connectivity index (χ1v) is 9.19. The molecule has 9 nitrogen and oxygen atoms in total. The molecule has 10 heteroatoms. The van der Waals surface area contributed by atoms with Crippen molar-refractivity contribution in [1.82, 2.24) is 20.0 Å². The Morgan fingerprint density at radius 3 is 2.48 bits per heavy atom. The lowest BCUT2D eigenvalue weighted by atomic mass is 10.1. The molecule has 2 aromatic rings. The minimum absolute atomic E-state index is 0.0922. The van der Waals surface area contributed by atoms with Gasteiger partial charge < -0.3 is 15.8 Å². The summed E-state index contributed by atoms with van der Waals surface area (Å²) in [6.45, 7) is 0.315. The summed E-state index contributed by atoms with van der Waals surface area (Å²) in [5.74, 6) is 0.138. The van der Waals surface area contributed by atoms with E-state index >= 15 is 0 Å². The highest BCUT2D eigenvalue weighted by molar-refractivity contribution is 7.88. The van der Waals surface area contributed by atoms with Crippen LogP contribution in [-0.4, -0.2) is 50.7 Å². The van der Waals surface area contributed by atoms with Crippen LogP contribution in [0.25, 0.3) is 11.3 Å². The summed E-state index contributed by atoms with van der Waals surface area (Å²) >= 11 is 0. The highest BCUT2D eigenvalue weighted by Gasteiger charge is 2.09. The van der Waals surface area contributed by atoms with Crippen LogP contribution in [0.2, 0.25) is 0 Å². The number of nitrogens with zero attached hydrogens (tertiary/aromatic N) is 2. The van der Waals surface area contributed by atoms with Crippen LogP contribution < -0.4 is 20.5 Å². The van der Waals surface area contributed by atoms with Gasteiger partial charge in [-0.3, -0.25) is 4.79 Å². The van der Waals surface area contributed by atoms with Crippen molar-refractivity contribution < 1.29 is 17.9 Å². The van der Waals surface area contributed by atoms with Gasteiger partial charge >= 0.3 is 0 Å². The van der Waals surface area contributed by atoms with E-state index in [9.17, 15) is 13.2 Å². The van der Waals surface area contributed by atoms with Crippen molar-refractivity contribution >= 4 is 21.9 Å². The number of methoxy groups -OCH3 is 1. The van der Waals surface area contributed by atoms with Gasteiger partial charge in [-0.05, 0) is 12.1 Å². The normalized spacial score (nSPS) is 11.1. The smallest absolute Gasteiger partial charge is 0.251 e. The molecule has 0 unspecified atom stereocenters. The minimum atomic E-state index is -3.27. The Morgan fingerprint density at radius 1 is 1.20 bits per heavy atom. The van der Waals surface area contributed by atoms with Gasteiger partial charge in [0.25, 0.3) is 5.91 Å². The first-order valence-electron chi connectivity index (χ1n) is 7.30. The second-order valence-corrected chi connectivity index (χ2v) is 6.99. The molecule has 0 radical (unpaired) electrons. The van der Waals surface area contributed by atoms with Gasteiger partial charge in [-0.2, -0.15) is 4.98 Å². The molecular formula is C15H19N5O4S. The molecule has 25 heavy (non-hydrogen) atoms. The number of rotatable bonds is 7. The molecule has 0 bridgehead atoms. The summed E-state index contributed by atoms with van der Waals surface area (Å²) in [4.78, 5) is 20.1. The van der Waals surface area contributed by atoms with Crippen molar-refractivity contribution in [3.05, 3.63) is 35.9 Å². The van der Waals surface area contributed by atoms with Gasteiger partial charge in [0.1, 0.15) is 0 Å². The Bertz CT molecular complexity index is 853. The molecule has 0 aliphatic rings. The van der Waals surface area contributed by atoms with Gasteiger partial charge in [0.05, 0.1) is 19.1 Å². The second kappa shape index (κ2) is 7.90. The van der Waals surface area contributed by atoms with Gasteiger partial charge in [0, 0.05) is 30.3 Å². The monoisotopic (exact) mass is 365 g/mol. The van der Waals surface area contributed by atoms with E-state index in [1.165, 1.54) is 7.11 Å². The van der Waals surface area contributed by atoms with Crippen molar-refractivity contribution in [3.63, 3.8) is 0 Å². The van der Waals surface area contributed by atoms with Crippen LogP contribution in [0.15, 0.2) is 30.3 Å². The highest BCUT2D eigenvalue weighted by Crippen LogP contribution is 2.22. The molecule has 0 saturated carbocycles. The van der Waals surface area contributed by atoms with Crippen LogP contribution in [0.4, 0.5) is 5.95 Å². The molecule has 0 spiro atoms. The molecule has 0 fully saturated rings. The molecule has 0 aliphatic carbocycles. The highest BCUT2D eigenvalue weighted by atomic mass is 32.2. The Balaban J connectivity index is 2.02. The Morgan fingerprint density at radius 2 is 1.88 bits per heavy atom. The third kappa shape index (κ3) is 5.69. The maximum absolute atomic E-state index is 12.0. The van der Waals surface area contributed by atoms with Crippen molar-refractivity contribution in [2.24, 2.45) is 0 Å². The number of anilines is 1. The number of nitrogens with one attached hydrogen (secondary N) is 2. The molecule has 1 aromatic carbocycles. The van der Waals surface area contributed by atoms with E-state index in [2.05, 4.69) is 20.0 Å². The average Bonchev–Trinajstić information content (AvgIpc) is 2.57. The van der Waals surface area contributed by atoms with Gasteiger partial charge in [-0.15, -0.1) is 0 Å². The summed E-state index contributed by atoms with van der Waals surface area (Å²) in [6, 6.07) is 8.37. The number of hydrogen-bond donors (Lipinski definition) is 3. The Kier molecular flexibility index (Phi) is 5.88. The van der Waals surface area contributed by atoms with E-state index in [0.29, 0.717) is 17.1 Å². The van der Waals surface area contributed by atoms with E-state index in [1.807, 2.05) is 0 Å². The van der Waals surface area contributed by atoms with Crippen molar-refractivity contribution in [3.8, 4) is 17.1 Å². The summed E-state index contributed by atoms with van der Waals surface area (Å²) in [5, 5.41) is 2.63. The third-order valence-corrected chi connectivity index (χ3v) is 3.88. The number of nitrogen functional groups attached to an aromatic ring is 1. The van der Waals surface area contributed by atoms with Crippen LogP contribution >= 0.6 is 0 Å². The zero-order valence-corrected chi connectivity index (χ0v) is 14.6. The molecular weight excluding hydrogens is 346 g/mol. The number of ether oxygens (including phenoxy) is 1. The van der Waals surface area contributed by atoms with E-state index in [1.54, 1.807) is 30.3 Å². The fraction of sp³-hybridized carbons (Fsp3) is 0.267. The summed E-state index contributed by atoms with van der Waals surface area (Å²) in [5.41, 5.74) is 7.41. The Hall–Kier alpha value is -2.72. The van der Waals surface area contributed by atoms with Gasteiger partial charge in [-0.1, -0.05) is 12.1 Å². The predicted octanol–water partition coefficient (Wildman–Crippen LogP) is 0.0134.